The fourth-order valence-electron chi connectivity index (χ4n) is 2.59. The monoisotopic (exact) mass is 261 g/mol. The second-order valence-electron chi connectivity index (χ2n) is 5.59. The molecule has 0 saturated carbocycles. The maximum Gasteiger partial charge on any atom is 0.135 e. The van der Waals surface area contributed by atoms with Crippen molar-refractivity contribution in [3.8, 4) is 0 Å². The Hall–Kier alpha value is -1.65. The van der Waals surface area contributed by atoms with Crippen LogP contribution in [0.15, 0.2) is 6.33 Å². The molecule has 0 saturated heterocycles. The lowest BCUT2D eigenvalue weighted by Gasteiger charge is -2.27. The molecule has 1 aromatic rings. The van der Waals surface area contributed by atoms with Crippen LogP contribution < -0.4 is 10.6 Å². The zero-order valence-electron chi connectivity index (χ0n) is 11.8. The summed E-state index contributed by atoms with van der Waals surface area (Å²) in [5.74, 6) is 1.84. The van der Waals surface area contributed by atoms with Gasteiger partial charge in [-0.1, -0.05) is 13.8 Å². The zero-order valence-corrected chi connectivity index (χ0v) is 11.8. The van der Waals surface area contributed by atoms with Crippen molar-refractivity contribution in [2.75, 3.05) is 18.0 Å². The number of fused-ring (bicyclic) bond motifs is 1. The van der Waals surface area contributed by atoms with E-state index in [1.807, 2.05) is 0 Å². The molecule has 0 fully saturated rings. The molecule has 5 nitrogen and oxygen atoms in total. The SMILES string of the molecule is CC(C)CN(CCC(=N)N)c1ncnc2c1CCC2. The third-order valence-corrected chi connectivity index (χ3v) is 3.39. The van der Waals surface area contributed by atoms with Crippen LogP contribution in [-0.2, 0) is 12.8 Å². The first-order chi connectivity index (χ1) is 9.08. The molecular formula is C14H23N5. The van der Waals surface area contributed by atoms with Crippen molar-refractivity contribution in [1.29, 1.82) is 5.41 Å². The molecule has 2 rings (SSSR count). The smallest absolute Gasteiger partial charge is 0.135 e. The van der Waals surface area contributed by atoms with Crippen LogP contribution in [0.4, 0.5) is 5.82 Å². The highest BCUT2D eigenvalue weighted by molar-refractivity contribution is 5.77. The van der Waals surface area contributed by atoms with E-state index in [2.05, 4.69) is 28.7 Å². The molecule has 19 heavy (non-hydrogen) atoms. The molecule has 0 unspecified atom stereocenters. The normalized spacial score (nSPS) is 13.6. The molecule has 0 atom stereocenters. The van der Waals surface area contributed by atoms with Gasteiger partial charge in [-0.2, -0.15) is 0 Å². The number of nitrogens with zero attached hydrogens (tertiary/aromatic N) is 3. The Morgan fingerprint density at radius 2 is 2.21 bits per heavy atom. The lowest BCUT2D eigenvalue weighted by molar-refractivity contribution is 0.606. The molecule has 104 valence electrons. The van der Waals surface area contributed by atoms with E-state index in [1.54, 1.807) is 6.33 Å². The number of nitrogens with two attached hydrogens (primary N) is 1. The average molecular weight is 261 g/mol. The van der Waals surface area contributed by atoms with Crippen LogP contribution in [0.1, 0.15) is 37.9 Å². The first-order valence-electron chi connectivity index (χ1n) is 6.98. The first kappa shape index (κ1) is 13.8. The van der Waals surface area contributed by atoms with Crippen LogP contribution in [0, 0.1) is 11.3 Å². The Labute approximate surface area is 114 Å². The number of aromatic nitrogens is 2. The third-order valence-electron chi connectivity index (χ3n) is 3.39. The summed E-state index contributed by atoms with van der Waals surface area (Å²) in [5.41, 5.74) is 7.98. The van der Waals surface area contributed by atoms with E-state index in [4.69, 9.17) is 11.1 Å². The highest BCUT2D eigenvalue weighted by atomic mass is 15.2. The van der Waals surface area contributed by atoms with Crippen molar-refractivity contribution in [3.05, 3.63) is 17.6 Å². The van der Waals surface area contributed by atoms with E-state index >= 15 is 0 Å². The topological polar surface area (TPSA) is 78.9 Å². The van der Waals surface area contributed by atoms with Gasteiger partial charge in [0.05, 0.1) is 5.84 Å². The van der Waals surface area contributed by atoms with E-state index < -0.39 is 0 Å². The quantitative estimate of drug-likeness (QED) is 0.604. The Morgan fingerprint density at radius 1 is 1.42 bits per heavy atom. The summed E-state index contributed by atoms with van der Waals surface area (Å²) < 4.78 is 0. The lowest BCUT2D eigenvalue weighted by atomic mass is 10.1. The van der Waals surface area contributed by atoms with Crippen molar-refractivity contribution < 1.29 is 0 Å². The number of rotatable bonds is 6. The molecule has 3 N–H and O–H groups in total. The standard InChI is InChI=1S/C14H23N5/c1-10(2)8-19(7-6-13(15)16)14-11-4-3-5-12(11)17-9-18-14/h9-10H,3-8H2,1-2H3,(H3,15,16). The third kappa shape index (κ3) is 3.43. The molecule has 0 aliphatic heterocycles. The highest BCUT2D eigenvalue weighted by Crippen LogP contribution is 2.28. The number of anilines is 1. The van der Waals surface area contributed by atoms with Crippen molar-refractivity contribution >= 4 is 11.7 Å². The van der Waals surface area contributed by atoms with Crippen LogP contribution >= 0.6 is 0 Å². The van der Waals surface area contributed by atoms with Gasteiger partial charge in [0.1, 0.15) is 12.1 Å². The molecule has 0 bridgehead atoms. The largest absolute Gasteiger partial charge is 0.388 e. The predicted octanol–water partition coefficient (Wildman–Crippen LogP) is 1.75. The minimum Gasteiger partial charge on any atom is -0.388 e. The van der Waals surface area contributed by atoms with Gasteiger partial charge < -0.3 is 10.6 Å². The summed E-state index contributed by atoms with van der Waals surface area (Å²) in [7, 11) is 0. The lowest BCUT2D eigenvalue weighted by Crippen LogP contribution is -2.32. The summed E-state index contributed by atoms with van der Waals surface area (Å²) >= 11 is 0. The van der Waals surface area contributed by atoms with Gasteiger partial charge in [-0.3, -0.25) is 5.41 Å². The fourth-order valence-corrected chi connectivity index (χ4v) is 2.59. The summed E-state index contributed by atoms with van der Waals surface area (Å²) in [4.78, 5) is 11.1. The summed E-state index contributed by atoms with van der Waals surface area (Å²) in [6.45, 7) is 6.10. The number of aryl methyl sites for hydroxylation is 1. The van der Waals surface area contributed by atoms with Crippen molar-refractivity contribution in [2.24, 2.45) is 11.7 Å². The van der Waals surface area contributed by atoms with Crippen molar-refractivity contribution in [3.63, 3.8) is 0 Å². The van der Waals surface area contributed by atoms with Gasteiger partial charge in [-0.25, -0.2) is 9.97 Å². The first-order valence-corrected chi connectivity index (χ1v) is 6.98. The van der Waals surface area contributed by atoms with Crippen LogP contribution in [-0.4, -0.2) is 28.9 Å². The van der Waals surface area contributed by atoms with Gasteiger partial charge in [0.2, 0.25) is 0 Å². The zero-order chi connectivity index (χ0) is 13.8. The molecule has 0 radical (unpaired) electrons. The minimum atomic E-state index is 0.236. The molecule has 1 aliphatic carbocycles. The van der Waals surface area contributed by atoms with Crippen LogP contribution in [0.5, 0.6) is 0 Å². The van der Waals surface area contributed by atoms with Gasteiger partial charge >= 0.3 is 0 Å². The molecule has 1 aliphatic rings. The van der Waals surface area contributed by atoms with E-state index in [1.165, 1.54) is 17.7 Å². The number of amidine groups is 1. The summed E-state index contributed by atoms with van der Waals surface area (Å²) in [6, 6.07) is 0. The highest BCUT2D eigenvalue weighted by Gasteiger charge is 2.21. The van der Waals surface area contributed by atoms with Crippen LogP contribution in [0.3, 0.4) is 0 Å². The van der Waals surface area contributed by atoms with Crippen LogP contribution in [0.25, 0.3) is 0 Å². The molecule has 1 aromatic heterocycles. The van der Waals surface area contributed by atoms with E-state index in [0.717, 1.165) is 31.7 Å². The molecule has 0 spiro atoms. The Bertz CT molecular complexity index is 455. The minimum absolute atomic E-state index is 0.236. The Kier molecular flexibility index (Phi) is 4.35. The van der Waals surface area contributed by atoms with Gasteiger partial charge in [0.15, 0.2) is 0 Å². The number of hydrogen-bond donors (Lipinski definition) is 2. The Balaban J connectivity index is 2.22. The van der Waals surface area contributed by atoms with E-state index in [9.17, 15) is 0 Å². The Morgan fingerprint density at radius 3 is 2.89 bits per heavy atom. The van der Waals surface area contributed by atoms with Crippen molar-refractivity contribution in [2.45, 2.75) is 39.5 Å². The second-order valence-corrected chi connectivity index (χ2v) is 5.59. The van der Waals surface area contributed by atoms with Crippen molar-refractivity contribution in [1.82, 2.24) is 9.97 Å². The maximum absolute atomic E-state index is 7.40. The fraction of sp³-hybridized carbons (Fsp3) is 0.643. The predicted molar refractivity (Wildman–Crippen MR) is 77.6 cm³/mol. The maximum atomic E-state index is 7.40. The molecule has 5 heteroatoms. The molecule has 0 aromatic carbocycles. The summed E-state index contributed by atoms with van der Waals surface area (Å²) in [5, 5.41) is 7.40. The molecular weight excluding hydrogens is 238 g/mol. The second kappa shape index (κ2) is 5.99. The molecule has 1 heterocycles. The van der Waals surface area contributed by atoms with Gasteiger partial charge in [-0.15, -0.1) is 0 Å². The van der Waals surface area contributed by atoms with Gasteiger partial charge in [0.25, 0.3) is 0 Å². The summed E-state index contributed by atoms with van der Waals surface area (Å²) in [6.07, 6.45) is 5.56. The van der Waals surface area contributed by atoms with Crippen LogP contribution in [0.2, 0.25) is 0 Å². The number of nitrogens with one attached hydrogen (secondary N) is 1. The van der Waals surface area contributed by atoms with E-state index in [-0.39, 0.29) is 5.84 Å². The van der Waals surface area contributed by atoms with Gasteiger partial charge in [-0.05, 0) is 25.2 Å². The number of hydrogen-bond acceptors (Lipinski definition) is 4. The molecule has 0 amide bonds. The van der Waals surface area contributed by atoms with E-state index in [0.29, 0.717) is 12.3 Å². The average Bonchev–Trinajstić information content (AvgIpc) is 2.81. The van der Waals surface area contributed by atoms with Gasteiger partial charge in [0, 0.05) is 30.8 Å².